The van der Waals surface area contributed by atoms with Gasteiger partial charge in [-0.3, -0.25) is 0 Å². The predicted molar refractivity (Wildman–Crippen MR) is 69.9 cm³/mol. The number of hydrogen-bond acceptors (Lipinski definition) is 1. The topological polar surface area (TPSA) is 28.0 Å². The molecular weight excluding hydrogens is 384 g/mol. The van der Waals surface area contributed by atoms with Gasteiger partial charge < -0.3 is 39.1 Å². The van der Waals surface area contributed by atoms with Crippen molar-refractivity contribution in [3.63, 3.8) is 0 Å². The molecule has 1 aliphatic rings. The Morgan fingerprint density at radius 3 is 1.45 bits per heavy atom. The van der Waals surface area contributed by atoms with Crippen LogP contribution in [0.25, 0.3) is 11.4 Å². The molecule has 20 heavy (non-hydrogen) atoms. The average molecular weight is 404 g/mol. The van der Waals surface area contributed by atoms with Crippen LogP contribution >= 0.6 is 0 Å². The van der Waals surface area contributed by atoms with Gasteiger partial charge in [0.2, 0.25) is 13.1 Å². The van der Waals surface area contributed by atoms with Crippen molar-refractivity contribution in [2.75, 3.05) is 7.11 Å². The average Bonchev–Trinajstić information content (AvgIpc) is 2.40. The molecule has 5 heteroatoms. The Balaban J connectivity index is 0.000000866. The minimum atomic E-state index is 0. The molecule has 3 heterocycles. The van der Waals surface area contributed by atoms with Crippen LogP contribution in [0.3, 0.4) is 0 Å². The van der Waals surface area contributed by atoms with E-state index in [2.05, 4.69) is 59.6 Å². The molecule has 0 unspecified atom stereocenters. The predicted octanol–water partition coefficient (Wildman–Crippen LogP) is -4.82. The van der Waals surface area contributed by atoms with Gasteiger partial charge in [-0.2, -0.15) is 9.13 Å². The molecule has 2 aromatic heterocycles. The third kappa shape index (κ3) is 3.87. The number of aliphatic hydroxyl groups is 1. The summed E-state index contributed by atoms with van der Waals surface area (Å²) in [6, 6.07) is 8.80. The zero-order valence-corrected chi connectivity index (χ0v) is 15.1. The number of aliphatic hydroxyl groups excluding tert-OH is 1. The Morgan fingerprint density at radius 1 is 0.750 bits per heavy atom. The number of fused-ring (bicyclic) bond motifs is 3. The summed E-state index contributed by atoms with van der Waals surface area (Å²) in [4.78, 5) is 0. The molecule has 0 saturated carbocycles. The fourth-order valence-corrected chi connectivity index (χ4v) is 2.38. The first kappa shape index (κ1) is 19.2. The fraction of sp³-hybridized carbons (Fsp3) is 0.333. The highest BCUT2D eigenvalue weighted by atomic mass is 79.9. The van der Waals surface area contributed by atoms with Gasteiger partial charge in [-0.25, -0.2) is 0 Å². The number of hydrogen-bond donors (Lipinski definition) is 1. The van der Waals surface area contributed by atoms with Gasteiger partial charge in [0.25, 0.3) is 11.4 Å². The molecule has 0 atom stereocenters. The van der Waals surface area contributed by atoms with Crippen LogP contribution in [0.1, 0.15) is 11.1 Å². The molecule has 3 rings (SSSR count). The Hall–Kier alpha value is -0.780. The molecule has 0 aliphatic carbocycles. The van der Waals surface area contributed by atoms with Crippen molar-refractivity contribution in [2.24, 2.45) is 0 Å². The van der Waals surface area contributed by atoms with Crippen molar-refractivity contribution in [2.45, 2.75) is 26.9 Å². The van der Waals surface area contributed by atoms with Gasteiger partial charge in [0.1, 0.15) is 0 Å². The van der Waals surface area contributed by atoms with E-state index in [0.29, 0.717) is 0 Å². The summed E-state index contributed by atoms with van der Waals surface area (Å²) in [6.45, 7) is 6.42. The van der Waals surface area contributed by atoms with Crippen LogP contribution in [-0.2, 0) is 13.1 Å². The first-order chi connectivity index (χ1) is 8.74. The number of halogens is 2. The van der Waals surface area contributed by atoms with Gasteiger partial charge in [-0.05, 0) is 26.0 Å². The maximum absolute atomic E-state index is 7.00. The Bertz CT molecular complexity index is 522. The normalized spacial score (nSPS) is 10.8. The second-order valence-electron chi connectivity index (χ2n) is 4.57. The summed E-state index contributed by atoms with van der Waals surface area (Å²) >= 11 is 0. The summed E-state index contributed by atoms with van der Waals surface area (Å²) in [5.74, 6) is 0. The van der Waals surface area contributed by atoms with E-state index in [4.69, 9.17) is 5.11 Å². The highest BCUT2D eigenvalue weighted by Crippen LogP contribution is 2.14. The number of aromatic nitrogens is 2. The molecule has 1 aliphatic heterocycles. The van der Waals surface area contributed by atoms with E-state index in [1.807, 2.05) is 0 Å². The van der Waals surface area contributed by atoms with Crippen LogP contribution in [-0.4, -0.2) is 12.2 Å². The van der Waals surface area contributed by atoms with E-state index in [0.717, 1.165) is 20.2 Å². The number of aryl methyl sites for hydroxylation is 4. The first-order valence-corrected chi connectivity index (χ1v) is 6.19. The van der Waals surface area contributed by atoms with Gasteiger partial charge in [-0.1, -0.05) is 0 Å². The maximum atomic E-state index is 7.00. The number of pyridine rings is 2. The second kappa shape index (κ2) is 8.49. The lowest BCUT2D eigenvalue weighted by Gasteiger charge is -2.10. The van der Waals surface area contributed by atoms with Crippen LogP contribution in [0.15, 0.2) is 36.7 Å². The number of nitrogens with zero attached hydrogens (tertiary/aromatic N) is 2. The monoisotopic (exact) mass is 402 g/mol. The Labute approximate surface area is 141 Å². The van der Waals surface area contributed by atoms with Crippen LogP contribution in [0, 0.1) is 13.8 Å². The van der Waals surface area contributed by atoms with Gasteiger partial charge in [-0.15, -0.1) is 0 Å². The van der Waals surface area contributed by atoms with Crippen molar-refractivity contribution < 1.29 is 48.2 Å². The molecule has 0 amide bonds. The molecule has 0 saturated heterocycles. The van der Waals surface area contributed by atoms with Crippen molar-refractivity contribution in [3.8, 4) is 11.4 Å². The zero-order valence-electron chi connectivity index (χ0n) is 12.0. The smallest absolute Gasteiger partial charge is 0.277 e. The molecular formula is C15H20Br2N2O. The van der Waals surface area contributed by atoms with E-state index in [1.165, 1.54) is 22.5 Å². The standard InChI is InChI=1S/C14H16N2.CH4O.2BrH/c1-11-3-5-13-14-6-4-12(2)10-16(14)8-7-15(13)9-11;1-2;;/h3-6,9-10H,7-8H2,1-2H3;2H,1H3;2*1H/q+2;;;/p-2. The summed E-state index contributed by atoms with van der Waals surface area (Å²) < 4.78 is 4.69. The quantitative estimate of drug-likeness (QED) is 0.439. The fourth-order valence-electron chi connectivity index (χ4n) is 2.38. The summed E-state index contributed by atoms with van der Waals surface area (Å²) in [5, 5.41) is 7.00. The molecule has 0 aromatic carbocycles. The lowest BCUT2D eigenvalue weighted by Crippen LogP contribution is -3.00. The van der Waals surface area contributed by atoms with Crippen molar-refractivity contribution >= 4 is 0 Å². The van der Waals surface area contributed by atoms with Crippen molar-refractivity contribution in [3.05, 3.63) is 47.8 Å². The summed E-state index contributed by atoms with van der Waals surface area (Å²) in [5.41, 5.74) is 5.28. The SMILES string of the molecule is CO.Cc1ccc2[n+](c1)CC[n+]1cc(C)ccc1-2.[Br-].[Br-]. The Kier molecular flexibility index (Phi) is 8.16. The van der Waals surface area contributed by atoms with Gasteiger partial charge in [0.05, 0.1) is 0 Å². The van der Waals surface area contributed by atoms with E-state index in [9.17, 15) is 0 Å². The minimum Gasteiger partial charge on any atom is -1.00 e. The Morgan fingerprint density at radius 2 is 1.10 bits per heavy atom. The molecule has 2 aromatic rings. The highest BCUT2D eigenvalue weighted by molar-refractivity contribution is 5.47. The second-order valence-corrected chi connectivity index (χ2v) is 4.57. The zero-order chi connectivity index (χ0) is 13.1. The molecule has 0 bridgehead atoms. The lowest BCUT2D eigenvalue weighted by atomic mass is 10.1. The van der Waals surface area contributed by atoms with Gasteiger partial charge in [0.15, 0.2) is 12.4 Å². The highest BCUT2D eigenvalue weighted by Gasteiger charge is 2.28. The first-order valence-electron chi connectivity index (χ1n) is 6.19. The lowest BCUT2D eigenvalue weighted by molar-refractivity contribution is -0.795. The molecule has 0 radical (unpaired) electrons. The molecule has 1 N–H and O–H groups in total. The third-order valence-electron chi connectivity index (χ3n) is 3.19. The van der Waals surface area contributed by atoms with Crippen LogP contribution in [0.2, 0.25) is 0 Å². The van der Waals surface area contributed by atoms with Crippen LogP contribution in [0.5, 0.6) is 0 Å². The third-order valence-corrected chi connectivity index (χ3v) is 3.19. The minimum absolute atomic E-state index is 0. The van der Waals surface area contributed by atoms with E-state index >= 15 is 0 Å². The van der Waals surface area contributed by atoms with Gasteiger partial charge in [0, 0.05) is 30.4 Å². The van der Waals surface area contributed by atoms with Crippen molar-refractivity contribution in [1.29, 1.82) is 0 Å². The van der Waals surface area contributed by atoms with E-state index < -0.39 is 0 Å². The number of rotatable bonds is 0. The molecule has 3 nitrogen and oxygen atoms in total. The van der Waals surface area contributed by atoms with Crippen LogP contribution in [0.4, 0.5) is 0 Å². The summed E-state index contributed by atoms with van der Waals surface area (Å²) in [6.07, 6.45) is 4.47. The summed E-state index contributed by atoms with van der Waals surface area (Å²) in [7, 11) is 1.00. The van der Waals surface area contributed by atoms with Crippen LogP contribution < -0.4 is 43.1 Å². The van der Waals surface area contributed by atoms with Gasteiger partial charge >= 0.3 is 0 Å². The molecule has 0 fully saturated rings. The largest absolute Gasteiger partial charge is 1.00 e. The van der Waals surface area contributed by atoms with Crippen molar-refractivity contribution in [1.82, 2.24) is 0 Å². The van der Waals surface area contributed by atoms with E-state index in [1.54, 1.807) is 0 Å². The molecule has 0 spiro atoms. The molecule has 110 valence electrons. The maximum Gasteiger partial charge on any atom is 0.277 e. The van der Waals surface area contributed by atoms with E-state index in [-0.39, 0.29) is 34.0 Å².